The topological polar surface area (TPSA) is 74.7 Å². The molecule has 0 aliphatic carbocycles. The van der Waals surface area contributed by atoms with E-state index >= 15 is 0 Å². The van der Waals surface area contributed by atoms with Crippen molar-refractivity contribution in [3.63, 3.8) is 0 Å². The Labute approximate surface area is 114 Å². The van der Waals surface area contributed by atoms with Crippen molar-refractivity contribution in [2.75, 3.05) is 18.1 Å². The third kappa shape index (κ3) is 3.14. The van der Waals surface area contributed by atoms with E-state index in [1.54, 1.807) is 30.3 Å². The van der Waals surface area contributed by atoms with Crippen LogP contribution < -0.4 is 0 Å². The van der Waals surface area contributed by atoms with Crippen LogP contribution in [0, 0.1) is 0 Å². The van der Waals surface area contributed by atoms with Crippen molar-refractivity contribution in [3.8, 4) is 0 Å². The lowest BCUT2D eigenvalue weighted by atomic mass is 9.98. The van der Waals surface area contributed by atoms with Crippen molar-refractivity contribution < 1.29 is 19.5 Å². The molecule has 1 heterocycles. The van der Waals surface area contributed by atoms with E-state index in [0.29, 0.717) is 5.56 Å². The van der Waals surface area contributed by atoms with Gasteiger partial charge in [-0.25, -0.2) is 0 Å². The van der Waals surface area contributed by atoms with Gasteiger partial charge in [-0.15, -0.1) is 11.8 Å². The predicted octanol–water partition coefficient (Wildman–Crippen LogP) is 0.957. The summed E-state index contributed by atoms with van der Waals surface area (Å²) in [7, 11) is 0. The number of imide groups is 1. The van der Waals surface area contributed by atoms with Gasteiger partial charge in [-0.2, -0.15) is 0 Å². The number of carbonyl (C=O) groups excluding carboxylic acids is 2. The van der Waals surface area contributed by atoms with Crippen molar-refractivity contribution >= 4 is 29.5 Å². The zero-order valence-corrected chi connectivity index (χ0v) is 10.9. The molecule has 19 heavy (non-hydrogen) atoms. The van der Waals surface area contributed by atoms with Gasteiger partial charge in [0.1, 0.15) is 0 Å². The molecule has 1 unspecified atom stereocenters. The predicted molar refractivity (Wildman–Crippen MR) is 70.9 cm³/mol. The van der Waals surface area contributed by atoms with Gasteiger partial charge in [0, 0.05) is 6.54 Å². The first kappa shape index (κ1) is 13.6. The molecule has 0 bridgehead atoms. The molecular formula is C13H13NO4S. The highest BCUT2D eigenvalue weighted by Crippen LogP contribution is 2.20. The summed E-state index contributed by atoms with van der Waals surface area (Å²) in [5.41, 5.74) is 0.592. The van der Waals surface area contributed by atoms with Gasteiger partial charge in [0.05, 0.1) is 17.4 Å². The molecule has 6 heteroatoms. The van der Waals surface area contributed by atoms with Crippen molar-refractivity contribution in [3.05, 3.63) is 35.9 Å². The van der Waals surface area contributed by atoms with Crippen LogP contribution in [0.5, 0.6) is 0 Å². The summed E-state index contributed by atoms with van der Waals surface area (Å²) in [6.45, 7) is -0.0996. The van der Waals surface area contributed by atoms with Gasteiger partial charge in [-0.05, 0) is 5.56 Å². The molecule has 2 amide bonds. The maximum atomic E-state index is 11.7. The van der Waals surface area contributed by atoms with Crippen molar-refractivity contribution in [1.29, 1.82) is 0 Å². The SMILES string of the molecule is O=C(O)C(CN1C(=O)CSCC1=O)c1ccccc1. The number of amides is 2. The molecule has 1 aliphatic rings. The van der Waals surface area contributed by atoms with Crippen molar-refractivity contribution in [2.24, 2.45) is 0 Å². The van der Waals surface area contributed by atoms with E-state index in [2.05, 4.69) is 0 Å². The molecule has 100 valence electrons. The molecule has 1 aliphatic heterocycles. The minimum atomic E-state index is -1.04. The quantitative estimate of drug-likeness (QED) is 0.831. The first-order chi connectivity index (χ1) is 9.09. The van der Waals surface area contributed by atoms with Crippen LogP contribution in [0.3, 0.4) is 0 Å². The molecule has 5 nitrogen and oxygen atoms in total. The second-order valence-electron chi connectivity index (χ2n) is 4.19. The van der Waals surface area contributed by atoms with E-state index in [0.717, 1.165) is 4.90 Å². The summed E-state index contributed by atoms with van der Waals surface area (Å²) in [6.07, 6.45) is 0. The Morgan fingerprint density at radius 1 is 1.21 bits per heavy atom. The molecule has 1 saturated heterocycles. The third-order valence-corrected chi connectivity index (χ3v) is 3.82. The Balaban J connectivity index is 2.19. The molecule has 1 aromatic rings. The minimum Gasteiger partial charge on any atom is -0.481 e. The second-order valence-corrected chi connectivity index (χ2v) is 5.18. The monoisotopic (exact) mass is 279 g/mol. The van der Waals surface area contributed by atoms with Gasteiger partial charge >= 0.3 is 5.97 Å². The van der Waals surface area contributed by atoms with Gasteiger partial charge in [0.2, 0.25) is 11.8 Å². The molecule has 1 N–H and O–H groups in total. The molecule has 2 rings (SSSR count). The molecular weight excluding hydrogens is 266 g/mol. The first-order valence-corrected chi connectivity index (χ1v) is 6.93. The van der Waals surface area contributed by atoms with Crippen LogP contribution in [0.1, 0.15) is 11.5 Å². The fourth-order valence-electron chi connectivity index (χ4n) is 1.92. The second kappa shape index (κ2) is 5.88. The van der Waals surface area contributed by atoms with E-state index in [4.69, 9.17) is 0 Å². The van der Waals surface area contributed by atoms with E-state index in [-0.39, 0.29) is 29.9 Å². The average molecular weight is 279 g/mol. The summed E-state index contributed by atoms with van der Waals surface area (Å²) in [6, 6.07) is 8.64. The Morgan fingerprint density at radius 3 is 2.32 bits per heavy atom. The van der Waals surface area contributed by atoms with E-state index in [9.17, 15) is 19.5 Å². The smallest absolute Gasteiger partial charge is 0.312 e. The lowest BCUT2D eigenvalue weighted by Crippen LogP contribution is -2.46. The van der Waals surface area contributed by atoms with Gasteiger partial charge in [0.15, 0.2) is 0 Å². The Kier molecular flexibility index (Phi) is 4.21. The van der Waals surface area contributed by atoms with Crippen LogP contribution >= 0.6 is 11.8 Å². The zero-order chi connectivity index (χ0) is 13.8. The lowest BCUT2D eigenvalue weighted by Gasteiger charge is -2.27. The molecule has 0 radical (unpaired) electrons. The number of rotatable bonds is 4. The van der Waals surface area contributed by atoms with E-state index in [1.807, 2.05) is 0 Å². The lowest BCUT2D eigenvalue weighted by molar-refractivity contribution is -0.144. The number of nitrogens with zero attached hydrogens (tertiary/aromatic N) is 1. The summed E-state index contributed by atoms with van der Waals surface area (Å²) in [4.78, 5) is 35.8. The highest BCUT2D eigenvalue weighted by atomic mass is 32.2. The Morgan fingerprint density at radius 2 is 1.79 bits per heavy atom. The Hall–Kier alpha value is -1.82. The molecule has 1 fully saturated rings. The van der Waals surface area contributed by atoms with Crippen LogP contribution in [-0.4, -0.2) is 45.8 Å². The van der Waals surface area contributed by atoms with Crippen molar-refractivity contribution in [2.45, 2.75) is 5.92 Å². The standard InChI is InChI=1S/C13H13NO4S/c15-11-7-19-8-12(16)14(11)6-10(13(17)18)9-4-2-1-3-5-9/h1-5,10H,6-8H2,(H,17,18). The Bertz CT molecular complexity index is 487. The number of aliphatic carboxylic acids is 1. The highest BCUT2D eigenvalue weighted by Gasteiger charge is 2.31. The normalized spacial score (nSPS) is 17.4. The fourth-order valence-corrected chi connectivity index (χ4v) is 2.68. The number of benzene rings is 1. The number of hydrogen-bond donors (Lipinski definition) is 1. The zero-order valence-electron chi connectivity index (χ0n) is 10.1. The van der Waals surface area contributed by atoms with Crippen LogP contribution in [0.15, 0.2) is 30.3 Å². The van der Waals surface area contributed by atoms with Gasteiger partial charge in [-0.1, -0.05) is 30.3 Å². The number of carboxylic acid groups (broad SMARTS) is 1. The summed E-state index contributed by atoms with van der Waals surface area (Å²) in [5, 5.41) is 9.28. The van der Waals surface area contributed by atoms with E-state index in [1.165, 1.54) is 11.8 Å². The number of thioether (sulfide) groups is 1. The molecule has 1 atom stereocenters. The van der Waals surface area contributed by atoms with Crippen LogP contribution in [0.2, 0.25) is 0 Å². The minimum absolute atomic E-state index is 0.0996. The van der Waals surface area contributed by atoms with Gasteiger partial charge in [-0.3, -0.25) is 19.3 Å². The number of carbonyl (C=O) groups is 3. The maximum absolute atomic E-state index is 11.7. The van der Waals surface area contributed by atoms with Gasteiger partial charge in [0.25, 0.3) is 0 Å². The molecule has 1 aromatic carbocycles. The highest BCUT2D eigenvalue weighted by molar-refractivity contribution is 8.00. The fraction of sp³-hybridized carbons (Fsp3) is 0.308. The molecule has 0 spiro atoms. The number of carboxylic acids is 1. The summed E-state index contributed by atoms with van der Waals surface area (Å²) < 4.78 is 0. The van der Waals surface area contributed by atoms with Crippen LogP contribution in [0.4, 0.5) is 0 Å². The largest absolute Gasteiger partial charge is 0.481 e. The van der Waals surface area contributed by atoms with Gasteiger partial charge < -0.3 is 5.11 Å². The van der Waals surface area contributed by atoms with Crippen LogP contribution in [-0.2, 0) is 14.4 Å². The average Bonchev–Trinajstić information content (AvgIpc) is 2.39. The van der Waals surface area contributed by atoms with Crippen LogP contribution in [0.25, 0.3) is 0 Å². The third-order valence-electron chi connectivity index (χ3n) is 2.92. The molecule has 0 saturated carbocycles. The number of hydrogen-bond acceptors (Lipinski definition) is 4. The summed E-state index contributed by atoms with van der Waals surface area (Å²) >= 11 is 1.26. The van der Waals surface area contributed by atoms with E-state index < -0.39 is 11.9 Å². The summed E-state index contributed by atoms with van der Waals surface area (Å²) in [5.74, 6) is -2.09. The maximum Gasteiger partial charge on any atom is 0.312 e. The van der Waals surface area contributed by atoms with Crippen molar-refractivity contribution in [1.82, 2.24) is 4.90 Å². The molecule has 0 aromatic heterocycles. The first-order valence-electron chi connectivity index (χ1n) is 5.78.